The molecule has 3 fully saturated rings. The molecule has 26 heavy (non-hydrogen) atoms. The Kier molecular flexibility index (Phi) is 3.93. The average molecular weight is 354 g/mol. The Morgan fingerprint density at radius 3 is 2.88 bits per heavy atom. The Morgan fingerprint density at radius 2 is 2.08 bits per heavy atom. The summed E-state index contributed by atoms with van der Waals surface area (Å²) in [4.78, 5) is 15.8. The van der Waals surface area contributed by atoms with E-state index >= 15 is 0 Å². The molecule has 1 N–H and O–H groups in total. The van der Waals surface area contributed by atoms with Crippen molar-refractivity contribution >= 4 is 5.78 Å². The Balaban J connectivity index is 1.51. The number of aromatic hydroxyl groups is 1. The number of hydrogen-bond acceptors (Lipinski definition) is 3. The van der Waals surface area contributed by atoms with E-state index in [1.165, 1.54) is 36.8 Å². The first kappa shape index (κ1) is 16.8. The van der Waals surface area contributed by atoms with Crippen molar-refractivity contribution in [3.8, 4) is 5.75 Å². The molecule has 4 aliphatic rings. The van der Waals surface area contributed by atoms with Gasteiger partial charge in [-0.15, -0.1) is 0 Å². The Hall–Kier alpha value is -1.35. The van der Waals surface area contributed by atoms with Crippen LogP contribution in [-0.4, -0.2) is 35.4 Å². The van der Waals surface area contributed by atoms with Crippen LogP contribution in [0, 0.1) is 17.8 Å². The number of Topliss-reactive ketones (excluding diaryl/α,β-unsaturated/α-hetero) is 1. The van der Waals surface area contributed by atoms with Crippen molar-refractivity contribution in [3.63, 3.8) is 0 Å². The zero-order chi connectivity index (χ0) is 17.9. The lowest BCUT2D eigenvalue weighted by Gasteiger charge is -2.59. The van der Waals surface area contributed by atoms with Crippen LogP contribution in [-0.2, 0) is 16.6 Å². The van der Waals surface area contributed by atoms with Crippen molar-refractivity contribution in [1.29, 1.82) is 0 Å². The van der Waals surface area contributed by atoms with E-state index in [1.54, 1.807) is 0 Å². The summed E-state index contributed by atoms with van der Waals surface area (Å²) in [5.41, 5.74) is 2.63. The number of rotatable bonds is 2. The van der Waals surface area contributed by atoms with E-state index in [1.807, 2.05) is 12.1 Å². The molecular weight excluding hydrogens is 322 g/mol. The smallest absolute Gasteiger partial charge is 0.136 e. The van der Waals surface area contributed by atoms with Crippen LogP contribution < -0.4 is 0 Å². The molecule has 1 heterocycles. The number of piperidine rings is 1. The zero-order valence-corrected chi connectivity index (χ0v) is 15.9. The maximum Gasteiger partial charge on any atom is 0.136 e. The minimum Gasteiger partial charge on any atom is -0.508 e. The highest BCUT2D eigenvalue weighted by molar-refractivity contribution is 5.84. The lowest BCUT2D eigenvalue weighted by molar-refractivity contribution is -0.133. The van der Waals surface area contributed by atoms with Gasteiger partial charge in [-0.25, -0.2) is 0 Å². The lowest BCUT2D eigenvalue weighted by Crippen LogP contribution is -2.62. The number of likely N-dealkylation sites (N-methyl/N-ethyl adjacent to an activating group) is 1. The molecule has 5 rings (SSSR count). The minimum absolute atomic E-state index is 0.0211. The summed E-state index contributed by atoms with van der Waals surface area (Å²) in [5.74, 6) is 2.50. The van der Waals surface area contributed by atoms with Crippen LogP contribution in [0.3, 0.4) is 0 Å². The van der Waals surface area contributed by atoms with Gasteiger partial charge in [-0.3, -0.25) is 4.79 Å². The quantitative estimate of drug-likeness (QED) is 0.871. The maximum absolute atomic E-state index is 13.2. The van der Waals surface area contributed by atoms with Gasteiger partial charge in [0, 0.05) is 23.8 Å². The van der Waals surface area contributed by atoms with E-state index in [2.05, 4.69) is 18.0 Å². The molecule has 1 unspecified atom stereocenters. The second-order valence-corrected chi connectivity index (χ2v) is 9.57. The molecule has 3 aliphatic carbocycles. The molecule has 1 aromatic rings. The van der Waals surface area contributed by atoms with E-state index in [0.29, 0.717) is 29.9 Å². The van der Waals surface area contributed by atoms with Crippen molar-refractivity contribution in [3.05, 3.63) is 29.3 Å². The van der Waals surface area contributed by atoms with Gasteiger partial charge in [0.15, 0.2) is 0 Å². The van der Waals surface area contributed by atoms with Gasteiger partial charge in [0.05, 0.1) is 0 Å². The van der Waals surface area contributed by atoms with E-state index in [9.17, 15) is 9.90 Å². The third-order valence-electron chi connectivity index (χ3n) is 8.29. The van der Waals surface area contributed by atoms with Crippen molar-refractivity contribution < 1.29 is 9.90 Å². The summed E-state index contributed by atoms with van der Waals surface area (Å²) in [7, 11) is 2.27. The van der Waals surface area contributed by atoms with Crippen LogP contribution in [0.5, 0.6) is 5.75 Å². The number of nitrogens with zero attached hydrogens (tertiary/aromatic N) is 1. The maximum atomic E-state index is 13.2. The van der Waals surface area contributed by atoms with Crippen molar-refractivity contribution in [2.75, 3.05) is 13.6 Å². The molecule has 3 nitrogen and oxygen atoms in total. The SMILES string of the molecule is CN1CCC23CC(=O)[C@@H](CC4CCCC4)C[C@H]2[C@H]1Cc1ccc(O)cc13. The summed E-state index contributed by atoms with van der Waals surface area (Å²) in [6.07, 6.45) is 10.4. The van der Waals surface area contributed by atoms with Crippen molar-refractivity contribution in [2.45, 2.75) is 69.2 Å². The van der Waals surface area contributed by atoms with Gasteiger partial charge in [-0.2, -0.15) is 0 Å². The molecule has 1 saturated heterocycles. The normalized spacial score (nSPS) is 37.4. The second-order valence-electron chi connectivity index (χ2n) is 9.57. The van der Waals surface area contributed by atoms with Gasteiger partial charge < -0.3 is 10.0 Å². The molecule has 4 atom stereocenters. The monoisotopic (exact) mass is 353 g/mol. The number of phenols is 1. The first-order valence-electron chi connectivity index (χ1n) is 10.6. The van der Waals surface area contributed by atoms with E-state index in [4.69, 9.17) is 0 Å². The van der Waals surface area contributed by atoms with Crippen molar-refractivity contribution in [2.24, 2.45) is 17.8 Å². The number of ketones is 1. The first-order valence-corrected chi connectivity index (χ1v) is 10.6. The molecule has 140 valence electrons. The average Bonchev–Trinajstić information content (AvgIpc) is 3.13. The summed E-state index contributed by atoms with van der Waals surface area (Å²) in [6.45, 7) is 1.07. The van der Waals surface area contributed by atoms with Crippen LogP contribution in [0.4, 0.5) is 0 Å². The van der Waals surface area contributed by atoms with Gasteiger partial charge in [-0.05, 0) is 74.4 Å². The van der Waals surface area contributed by atoms with E-state index in [-0.39, 0.29) is 11.3 Å². The fourth-order valence-electron chi connectivity index (χ4n) is 6.93. The highest BCUT2D eigenvalue weighted by Gasteiger charge is 2.57. The highest BCUT2D eigenvalue weighted by atomic mass is 16.3. The summed E-state index contributed by atoms with van der Waals surface area (Å²) in [6, 6.07) is 6.46. The predicted molar refractivity (Wildman–Crippen MR) is 102 cm³/mol. The predicted octanol–water partition coefficient (Wildman–Crippen LogP) is 4.07. The van der Waals surface area contributed by atoms with Crippen LogP contribution in [0.25, 0.3) is 0 Å². The molecule has 0 radical (unpaired) electrons. The number of likely N-dealkylation sites (tertiary alicyclic amines) is 1. The molecule has 0 spiro atoms. The molecule has 2 saturated carbocycles. The van der Waals surface area contributed by atoms with Gasteiger partial charge in [0.25, 0.3) is 0 Å². The zero-order valence-electron chi connectivity index (χ0n) is 15.9. The largest absolute Gasteiger partial charge is 0.508 e. The fraction of sp³-hybridized carbons (Fsp3) is 0.696. The molecule has 3 heteroatoms. The second kappa shape index (κ2) is 6.09. The highest BCUT2D eigenvalue weighted by Crippen LogP contribution is 2.57. The number of fused-ring (bicyclic) bond motifs is 1. The number of carbonyl (C=O) groups is 1. The fourth-order valence-corrected chi connectivity index (χ4v) is 6.93. The molecule has 0 aromatic heterocycles. The van der Waals surface area contributed by atoms with Gasteiger partial charge >= 0.3 is 0 Å². The summed E-state index contributed by atoms with van der Waals surface area (Å²) < 4.78 is 0. The lowest BCUT2D eigenvalue weighted by atomic mass is 9.50. The van der Waals surface area contributed by atoms with E-state index in [0.717, 1.165) is 38.1 Å². The Bertz CT molecular complexity index is 723. The first-order chi connectivity index (χ1) is 12.6. The van der Waals surface area contributed by atoms with Gasteiger partial charge in [0.2, 0.25) is 0 Å². The molecule has 0 amide bonds. The topological polar surface area (TPSA) is 40.5 Å². The van der Waals surface area contributed by atoms with Crippen LogP contribution in [0.1, 0.15) is 62.5 Å². The number of phenolic OH excluding ortho intramolecular Hbond substituents is 1. The van der Waals surface area contributed by atoms with Crippen LogP contribution in [0.2, 0.25) is 0 Å². The molecular formula is C23H31NO2. The summed E-state index contributed by atoms with van der Waals surface area (Å²) >= 11 is 0. The Morgan fingerprint density at radius 1 is 1.27 bits per heavy atom. The van der Waals surface area contributed by atoms with E-state index < -0.39 is 0 Å². The van der Waals surface area contributed by atoms with Gasteiger partial charge in [0.1, 0.15) is 11.5 Å². The molecule has 1 aromatic carbocycles. The number of benzene rings is 1. The summed E-state index contributed by atoms with van der Waals surface area (Å²) in [5, 5.41) is 10.1. The molecule has 2 bridgehead atoms. The van der Waals surface area contributed by atoms with Crippen LogP contribution >= 0.6 is 0 Å². The standard InChI is InChI=1S/C23H31NO2/c1-24-9-8-23-14-22(26)17(10-15-4-2-3-5-15)11-20(23)21(24)12-16-6-7-18(25)13-19(16)23/h6-7,13,15,17,20-21,25H,2-5,8-12,14H2,1H3/t17-,20-,21+,23?/m0/s1. The Labute approximate surface area is 156 Å². The van der Waals surface area contributed by atoms with Gasteiger partial charge in [-0.1, -0.05) is 31.7 Å². The third kappa shape index (κ3) is 2.46. The number of hydrogen-bond donors (Lipinski definition) is 1. The molecule has 1 aliphatic heterocycles. The minimum atomic E-state index is -0.0211. The number of carbonyl (C=O) groups excluding carboxylic acids is 1. The third-order valence-corrected chi connectivity index (χ3v) is 8.29. The van der Waals surface area contributed by atoms with Crippen molar-refractivity contribution in [1.82, 2.24) is 4.90 Å². The van der Waals surface area contributed by atoms with Crippen LogP contribution in [0.15, 0.2) is 18.2 Å².